The van der Waals surface area contributed by atoms with Crippen LogP contribution in [-0.2, 0) is 0 Å². The summed E-state index contributed by atoms with van der Waals surface area (Å²) in [5.41, 5.74) is 0.280. The van der Waals surface area contributed by atoms with Crippen LogP contribution in [0.3, 0.4) is 0 Å². The molecule has 128 valence electrons. The molecule has 22 heavy (non-hydrogen) atoms. The van der Waals surface area contributed by atoms with Gasteiger partial charge in [-0.2, -0.15) is 0 Å². The average molecular weight is 310 g/mol. The van der Waals surface area contributed by atoms with Crippen molar-refractivity contribution >= 4 is 6.03 Å². The van der Waals surface area contributed by atoms with Crippen LogP contribution >= 0.6 is 0 Å². The van der Waals surface area contributed by atoms with E-state index in [4.69, 9.17) is 0 Å². The summed E-state index contributed by atoms with van der Waals surface area (Å²) in [6.45, 7) is 1.88. The Labute approximate surface area is 135 Å². The topological polar surface area (TPSA) is 47.6 Å². The quantitative estimate of drug-likeness (QED) is 0.787. The summed E-state index contributed by atoms with van der Waals surface area (Å²) in [7, 11) is 8.50. The Morgan fingerprint density at radius 1 is 1.14 bits per heavy atom. The zero-order valence-corrected chi connectivity index (χ0v) is 14.8. The second-order valence-corrected chi connectivity index (χ2v) is 7.90. The van der Waals surface area contributed by atoms with Crippen molar-refractivity contribution in [3.05, 3.63) is 0 Å². The molecular formula is C17H34N4O. The number of amides is 2. The highest BCUT2D eigenvalue weighted by Gasteiger charge is 2.35. The number of nitrogens with zero attached hydrogens (tertiary/aromatic N) is 2. The first-order chi connectivity index (χ1) is 10.4. The van der Waals surface area contributed by atoms with E-state index in [0.29, 0.717) is 12.1 Å². The molecule has 5 nitrogen and oxygen atoms in total. The lowest BCUT2D eigenvalue weighted by Gasteiger charge is -2.32. The number of hydrogen-bond acceptors (Lipinski definition) is 3. The van der Waals surface area contributed by atoms with Gasteiger partial charge in [0.15, 0.2) is 0 Å². The average Bonchev–Trinajstić information content (AvgIpc) is 3.06. The standard InChI is InChI=1S/C17H34N4O/c1-20(2)13-17(9-5-6-10-17)12-18-16(22)19-14-7-8-15(11-14)21(3)4/h14-15H,5-13H2,1-4H3,(H2,18,19,22)/t14-,15+/m1/s1. The number of rotatable bonds is 6. The van der Waals surface area contributed by atoms with Crippen LogP contribution in [0.25, 0.3) is 0 Å². The minimum absolute atomic E-state index is 0.0226. The maximum atomic E-state index is 12.2. The lowest BCUT2D eigenvalue weighted by atomic mass is 9.85. The van der Waals surface area contributed by atoms with Crippen molar-refractivity contribution in [2.75, 3.05) is 41.3 Å². The van der Waals surface area contributed by atoms with Gasteiger partial charge in [-0.25, -0.2) is 4.79 Å². The fraction of sp³-hybridized carbons (Fsp3) is 0.941. The van der Waals surface area contributed by atoms with Gasteiger partial charge in [0.05, 0.1) is 0 Å². The van der Waals surface area contributed by atoms with Crippen molar-refractivity contribution in [2.24, 2.45) is 5.41 Å². The summed E-state index contributed by atoms with van der Waals surface area (Å²) < 4.78 is 0. The third-order valence-electron chi connectivity index (χ3n) is 5.41. The number of hydrogen-bond donors (Lipinski definition) is 2. The van der Waals surface area contributed by atoms with Crippen LogP contribution in [0.1, 0.15) is 44.9 Å². The lowest BCUT2D eigenvalue weighted by molar-refractivity contribution is 0.188. The first kappa shape index (κ1) is 17.5. The molecule has 0 radical (unpaired) electrons. The molecule has 0 saturated heterocycles. The highest BCUT2D eigenvalue weighted by atomic mass is 16.2. The molecule has 0 aromatic heterocycles. The van der Waals surface area contributed by atoms with Crippen molar-refractivity contribution in [1.29, 1.82) is 0 Å². The molecular weight excluding hydrogens is 276 g/mol. The molecule has 0 aromatic carbocycles. The van der Waals surface area contributed by atoms with Crippen LogP contribution < -0.4 is 10.6 Å². The molecule has 0 unspecified atom stereocenters. The van der Waals surface area contributed by atoms with Crippen LogP contribution in [0.2, 0.25) is 0 Å². The predicted octanol–water partition coefficient (Wildman–Crippen LogP) is 1.89. The van der Waals surface area contributed by atoms with Crippen LogP contribution in [0, 0.1) is 5.41 Å². The highest BCUT2D eigenvalue weighted by Crippen LogP contribution is 2.37. The Morgan fingerprint density at radius 3 is 2.36 bits per heavy atom. The van der Waals surface area contributed by atoms with Gasteiger partial charge in [-0.05, 0) is 60.3 Å². The molecule has 0 spiro atoms. The number of carbonyl (C=O) groups excluding carboxylic acids is 1. The summed E-state index contributed by atoms with van der Waals surface area (Å²) in [6, 6.07) is 0.968. The lowest BCUT2D eigenvalue weighted by Crippen LogP contribution is -2.47. The smallest absolute Gasteiger partial charge is 0.315 e. The molecule has 2 fully saturated rings. The monoisotopic (exact) mass is 310 g/mol. The first-order valence-electron chi connectivity index (χ1n) is 8.76. The zero-order chi connectivity index (χ0) is 16.2. The van der Waals surface area contributed by atoms with E-state index in [1.54, 1.807) is 0 Å². The maximum absolute atomic E-state index is 12.2. The van der Waals surface area contributed by atoms with Crippen molar-refractivity contribution < 1.29 is 4.79 Å². The van der Waals surface area contributed by atoms with Crippen LogP contribution in [0.5, 0.6) is 0 Å². The van der Waals surface area contributed by atoms with E-state index in [-0.39, 0.29) is 11.4 Å². The minimum Gasteiger partial charge on any atom is -0.338 e. The minimum atomic E-state index is 0.0226. The maximum Gasteiger partial charge on any atom is 0.315 e. The van der Waals surface area contributed by atoms with Crippen LogP contribution in [0.4, 0.5) is 4.79 Å². The van der Waals surface area contributed by atoms with Crippen LogP contribution in [-0.4, -0.2) is 69.2 Å². The molecule has 2 atom stereocenters. The van der Waals surface area contributed by atoms with E-state index < -0.39 is 0 Å². The van der Waals surface area contributed by atoms with E-state index in [2.05, 4.69) is 48.6 Å². The van der Waals surface area contributed by atoms with Gasteiger partial charge in [-0.3, -0.25) is 0 Å². The summed E-state index contributed by atoms with van der Waals surface area (Å²) in [6.07, 6.45) is 8.41. The fourth-order valence-electron chi connectivity index (χ4n) is 4.25. The van der Waals surface area contributed by atoms with Gasteiger partial charge in [0.1, 0.15) is 0 Å². The molecule has 2 rings (SSSR count). The second-order valence-electron chi connectivity index (χ2n) is 7.90. The Hall–Kier alpha value is -0.810. The van der Waals surface area contributed by atoms with Crippen molar-refractivity contribution in [3.8, 4) is 0 Å². The molecule has 0 heterocycles. The highest BCUT2D eigenvalue weighted by molar-refractivity contribution is 5.74. The molecule has 2 aliphatic carbocycles. The first-order valence-corrected chi connectivity index (χ1v) is 8.76. The molecule has 5 heteroatoms. The van der Waals surface area contributed by atoms with Gasteiger partial charge in [-0.15, -0.1) is 0 Å². The Balaban J connectivity index is 1.75. The van der Waals surface area contributed by atoms with Gasteiger partial charge in [0.25, 0.3) is 0 Å². The second kappa shape index (κ2) is 7.64. The predicted molar refractivity (Wildman–Crippen MR) is 91.1 cm³/mol. The third kappa shape index (κ3) is 4.85. The summed E-state index contributed by atoms with van der Waals surface area (Å²) in [5.74, 6) is 0. The molecule has 2 N–H and O–H groups in total. The van der Waals surface area contributed by atoms with Crippen molar-refractivity contribution in [1.82, 2.24) is 20.4 Å². The molecule has 2 saturated carbocycles. The fourth-order valence-corrected chi connectivity index (χ4v) is 4.25. The van der Waals surface area contributed by atoms with Gasteiger partial charge >= 0.3 is 6.03 Å². The summed E-state index contributed by atoms with van der Waals surface area (Å²) >= 11 is 0. The largest absolute Gasteiger partial charge is 0.338 e. The summed E-state index contributed by atoms with van der Waals surface area (Å²) in [5, 5.41) is 6.32. The van der Waals surface area contributed by atoms with E-state index in [1.807, 2.05) is 0 Å². The SMILES string of the molecule is CN(C)CC1(CNC(=O)N[C@@H]2CC[C@H](N(C)C)C2)CCCC1. The van der Waals surface area contributed by atoms with Crippen molar-refractivity contribution in [3.63, 3.8) is 0 Å². The van der Waals surface area contributed by atoms with Crippen LogP contribution in [0.15, 0.2) is 0 Å². The van der Waals surface area contributed by atoms with Gasteiger partial charge in [0.2, 0.25) is 0 Å². The van der Waals surface area contributed by atoms with Crippen molar-refractivity contribution in [2.45, 2.75) is 57.0 Å². The zero-order valence-electron chi connectivity index (χ0n) is 14.8. The molecule has 0 aromatic rings. The Morgan fingerprint density at radius 2 is 1.82 bits per heavy atom. The van der Waals surface area contributed by atoms with Gasteiger partial charge in [0, 0.05) is 30.6 Å². The Bertz CT molecular complexity index is 364. The molecule has 2 aliphatic rings. The number of nitrogens with one attached hydrogen (secondary N) is 2. The Kier molecular flexibility index (Phi) is 6.09. The third-order valence-corrected chi connectivity index (χ3v) is 5.41. The van der Waals surface area contributed by atoms with Gasteiger partial charge in [-0.1, -0.05) is 12.8 Å². The molecule has 0 aliphatic heterocycles. The number of carbonyl (C=O) groups is 1. The number of urea groups is 1. The molecule has 0 bridgehead atoms. The normalized spacial score (nSPS) is 27.5. The van der Waals surface area contributed by atoms with E-state index >= 15 is 0 Å². The van der Waals surface area contributed by atoms with E-state index in [1.165, 1.54) is 32.1 Å². The molecule has 2 amide bonds. The van der Waals surface area contributed by atoms with E-state index in [0.717, 1.165) is 25.9 Å². The van der Waals surface area contributed by atoms with Gasteiger partial charge < -0.3 is 20.4 Å². The summed E-state index contributed by atoms with van der Waals surface area (Å²) in [4.78, 5) is 16.7. The van der Waals surface area contributed by atoms with E-state index in [9.17, 15) is 4.79 Å².